The van der Waals surface area contributed by atoms with Crippen LogP contribution in [0.2, 0.25) is 0 Å². The highest BCUT2D eigenvalue weighted by Crippen LogP contribution is 2.42. The van der Waals surface area contributed by atoms with Gasteiger partial charge in [0.1, 0.15) is 5.82 Å². The summed E-state index contributed by atoms with van der Waals surface area (Å²) in [4.78, 5) is 9.05. The smallest absolute Gasteiger partial charge is 0.123 e. The maximum atomic E-state index is 13.8. The summed E-state index contributed by atoms with van der Waals surface area (Å²) in [5, 5.41) is 9.24. The number of benzene rings is 2. The highest BCUT2D eigenvalue weighted by molar-refractivity contribution is 7.77. The molecule has 1 N–H and O–H groups in total. The van der Waals surface area contributed by atoms with E-state index >= 15 is 0 Å². The minimum atomic E-state index is -2.41. The molecule has 4 rings (SSSR count). The molecule has 0 saturated carbocycles. The Morgan fingerprint density at radius 2 is 1.65 bits per heavy atom. The van der Waals surface area contributed by atoms with Crippen molar-refractivity contribution in [3.05, 3.63) is 131 Å². The highest BCUT2D eigenvalue weighted by Gasteiger charge is 2.29. The number of halogens is 1. The number of rotatable bonds is 8. The van der Waals surface area contributed by atoms with E-state index in [4.69, 9.17) is 4.98 Å². The van der Waals surface area contributed by atoms with Crippen molar-refractivity contribution in [2.45, 2.75) is 18.4 Å². The lowest BCUT2D eigenvalue weighted by atomic mass is 9.75. The van der Waals surface area contributed by atoms with Crippen molar-refractivity contribution in [1.29, 1.82) is 5.26 Å². The summed E-state index contributed by atoms with van der Waals surface area (Å²) in [6.45, 7) is 0.0501. The van der Waals surface area contributed by atoms with E-state index in [1.165, 1.54) is 12.1 Å². The molecule has 3 unspecified atom stereocenters. The summed E-state index contributed by atoms with van der Waals surface area (Å²) in [6.07, 6.45) is 3.48. The van der Waals surface area contributed by atoms with Crippen LogP contribution in [0.1, 0.15) is 45.5 Å². The van der Waals surface area contributed by atoms with Crippen LogP contribution in [-0.2, 0) is 17.8 Å². The van der Waals surface area contributed by atoms with E-state index in [0.29, 0.717) is 17.0 Å². The molecule has 2 aromatic heterocycles. The quantitative estimate of drug-likeness (QED) is 0.385. The number of hydrogen-bond donors (Lipinski definition) is 1. The molecule has 4 aromatic rings. The summed E-state index contributed by atoms with van der Waals surface area (Å²) < 4.78 is 38.1. The summed E-state index contributed by atoms with van der Waals surface area (Å²) in [7, 11) is 0. The number of pyridine rings is 2. The van der Waals surface area contributed by atoms with E-state index in [-0.39, 0.29) is 24.2 Å². The fourth-order valence-corrected chi connectivity index (χ4v) is 4.27. The third kappa shape index (κ3) is 5.58. The molecule has 34 heavy (non-hydrogen) atoms. The van der Waals surface area contributed by atoms with E-state index < -0.39 is 11.3 Å². The standard InChI is InChI=1S/C26H21FN4O2S/c27-22-12-10-20(11-13-22)26(24-5-1-4-23(31-24)17-30-34(32)33)25(21-3-2-14-29-16-21)19-8-6-18(15-28)7-9-19/h1-14,16,25-26,30H,17H2,(H,32,33)/p-1. The van der Waals surface area contributed by atoms with E-state index in [2.05, 4.69) is 15.8 Å². The molecule has 2 heterocycles. The molecule has 0 radical (unpaired) electrons. The lowest BCUT2D eigenvalue weighted by Gasteiger charge is -2.29. The van der Waals surface area contributed by atoms with Gasteiger partial charge in [-0.05, 0) is 59.2 Å². The van der Waals surface area contributed by atoms with Crippen LogP contribution in [0, 0.1) is 17.1 Å². The van der Waals surface area contributed by atoms with E-state index in [1.807, 2.05) is 36.4 Å². The van der Waals surface area contributed by atoms with Crippen LogP contribution in [0.3, 0.4) is 0 Å². The van der Waals surface area contributed by atoms with Gasteiger partial charge in [-0.1, -0.05) is 36.4 Å². The maximum Gasteiger partial charge on any atom is 0.123 e. The lowest BCUT2D eigenvalue weighted by molar-refractivity contribution is 0.521. The zero-order chi connectivity index (χ0) is 23.9. The Balaban J connectivity index is 1.89. The van der Waals surface area contributed by atoms with Gasteiger partial charge in [-0.15, -0.1) is 0 Å². The average Bonchev–Trinajstić information content (AvgIpc) is 2.87. The SMILES string of the molecule is N#Cc1ccc(C(c2cccnc2)C(c2ccc(F)cc2)c2cccc(CNS(=O)[O-])n2)cc1. The van der Waals surface area contributed by atoms with Crippen molar-refractivity contribution in [1.82, 2.24) is 14.7 Å². The number of nitrogens with zero attached hydrogens (tertiary/aromatic N) is 3. The molecule has 0 aliphatic heterocycles. The minimum Gasteiger partial charge on any atom is -0.760 e. The summed E-state index contributed by atoms with van der Waals surface area (Å²) in [5.74, 6) is -0.936. The molecule has 6 nitrogen and oxygen atoms in total. The Kier molecular flexibility index (Phi) is 7.50. The van der Waals surface area contributed by atoms with Gasteiger partial charge in [0.25, 0.3) is 0 Å². The Morgan fingerprint density at radius 3 is 2.29 bits per heavy atom. The average molecular weight is 472 g/mol. The van der Waals surface area contributed by atoms with Crippen molar-refractivity contribution in [2.24, 2.45) is 0 Å². The van der Waals surface area contributed by atoms with Crippen molar-refractivity contribution in [3.8, 4) is 6.07 Å². The van der Waals surface area contributed by atoms with Crippen molar-refractivity contribution < 1.29 is 13.2 Å². The van der Waals surface area contributed by atoms with E-state index in [1.54, 1.807) is 42.7 Å². The predicted molar refractivity (Wildman–Crippen MR) is 125 cm³/mol. The van der Waals surface area contributed by atoms with Crippen molar-refractivity contribution >= 4 is 11.3 Å². The van der Waals surface area contributed by atoms with Gasteiger partial charge in [-0.2, -0.15) is 5.26 Å². The third-order valence-electron chi connectivity index (χ3n) is 5.52. The molecular weight excluding hydrogens is 451 g/mol. The van der Waals surface area contributed by atoms with Gasteiger partial charge in [0.15, 0.2) is 0 Å². The topological polar surface area (TPSA) is 102 Å². The fraction of sp³-hybridized carbons (Fsp3) is 0.115. The van der Waals surface area contributed by atoms with Gasteiger partial charge in [0, 0.05) is 47.7 Å². The van der Waals surface area contributed by atoms with Crippen molar-refractivity contribution in [3.63, 3.8) is 0 Å². The monoisotopic (exact) mass is 471 g/mol. The van der Waals surface area contributed by atoms with Crippen molar-refractivity contribution in [2.75, 3.05) is 0 Å². The molecule has 170 valence electrons. The molecule has 2 aromatic carbocycles. The molecule has 0 amide bonds. The molecule has 0 spiro atoms. The first-order valence-corrected chi connectivity index (χ1v) is 11.6. The van der Waals surface area contributed by atoms with Crippen LogP contribution in [-0.4, -0.2) is 18.7 Å². The maximum absolute atomic E-state index is 13.8. The highest BCUT2D eigenvalue weighted by atomic mass is 32.2. The second-order valence-corrected chi connectivity index (χ2v) is 8.39. The molecule has 3 atom stereocenters. The van der Waals surface area contributed by atoms with E-state index in [9.17, 15) is 18.4 Å². The second kappa shape index (κ2) is 10.9. The van der Waals surface area contributed by atoms with Crippen LogP contribution in [0.5, 0.6) is 0 Å². The molecule has 0 bridgehead atoms. The zero-order valence-corrected chi connectivity index (χ0v) is 18.8. The first-order chi connectivity index (χ1) is 16.5. The summed E-state index contributed by atoms with van der Waals surface area (Å²) in [6, 6.07) is 25.0. The van der Waals surface area contributed by atoms with Crippen LogP contribution >= 0.6 is 0 Å². The summed E-state index contributed by atoms with van der Waals surface area (Å²) in [5.41, 5.74) is 4.49. The Bertz CT molecular complexity index is 1310. The lowest BCUT2D eigenvalue weighted by Crippen LogP contribution is -2.19. The molecular formula is C26H20FN4O2S-. The number of aromatic nitrogens is 2. The molecule has 0 aliphatic carbocycles. The van der Waals surface area contributed by atoms with Gasteiger partial charge >= 0.3 is 0 Å². The van der Waals surface area contributed by atoms with Gasteiger partial charge in [-0.3, -0.25) is 14.2 Å². The third-order valence-corrected chi connectivity index (χ3v) is 5.90. The minimum absolute atomic E-state index is 0.0501. The van der Waals surface area contributed by atoms with E-state index in [0.717, 1.165) is 16.7 Å². The Hall–Kier alpha value is -3.77. The Morgan fingerprint density at radius 1 is 0.941 bits per heavy atom. The van der Waals surface area contributed by atoms with Gasteiger partial charge in [-0.25, -0.2) is 9.11 Å². The van der Waals surface area contributed by atoms with Gasteiger partial charge < -0.3 is 4.55 Å². The molecule has 0 saturated heterocycles. The zero-order valence-electron chi connectivity index (χ0n) is 18.0. The fourth-order valence-electron chi connectivity index (χ4n) is 4.01. The number of nitriles is 1. The summed E-state index contributed by atoms with van der Waals surface area (Å²) >= 11 is -2.41. The van der Waals surface area contributed by atoms with Crippen LogP contribution < -0.4 is 4.72 Å². The Labute approximate surface area is 199 Å². The molecule has 0 fully saturated rings. The van der Waals surface area contributed by atoms with Crippen LogP contribution in [0.15, 0.2) is 91.3 Å². The van der Waals surface area contributed by atoms with Gasteiger partial charge in [0.2, 0.25) is 0 Å². The largest absolute Gasteiger partial charge is 0.760 e. The molecule has 8 heteroatoms. The number of hydrogen-bond acceptors (Lipinski definition) is 5. The second-order valence-electron chi connectivity index (χ2n) is 7.64. The van der Waals surface area contributed by atoms with Crippen LogP contribution in [0.25, 0.3) is 0 Å². The van der Waals surface area contributed by atoms with Gasteiger partial charge in [0.05, 0.1) is 17.3 Å². The first kappa shape index (κ1) is 23.4. The predicted octanol–water partition coefficient (Wildman–Crippen LogP) is 4.34. The normalized spacial score (nSPS) is 13.6. The van der Waals surface area contributed by atoms with Crippen LogP contribution in [0.4, 0.5) is 4.39 Å². The first-order valence-electron chi connectivity index (χ1n) is 10.5. The molecule has 0 aliphatic rings. The number of nitrogens with one attached hydrogen (secondary N) is 1.